The normalized spacial score (nSPS) is 15.7. The van der Waals surface area contributed by atoms with Crippen molar-refractivity contribution in [1.29, 1.82) is 0 Å². The molecule has 2 aromatic heterocycles. The van der Waals surface area contributed by atoms with Crippen molar-refractivity contribution in [3.63, 3.8) is 0 Å². The summed E-state index contributed by atoms with van der Waals surface area (Å²) in [6.07, 6.45) is 0.0772. The molecule has 0 unspecified atom stereocenters. The summed E-state index contributed by atoms with van der Waals surface area (Å²) < 4.78 is 23.1. The number of oxazole rings is 1. The highest BCUT2D eigenvalue weighted by Gasteiger charge is 2.55. The standard InChI is InChI=1S/C41H34ClN9O12S2/c1-21(52)60-28-15-14-25(16-29(28)61-22(2)53)38(57)63-47-31(27-18-59-40(43-27)44-30(54)17-42)35(55)45-32-36(56)51-33(26(19-64-37(32)51)20-65-41-46-48-49-50(41)3)39(58)62-34(23-10-6-4-7-11-23)24-12-8-5-9-13-24/h4-16,18,32,34,37H,17,19-20H2,1-3H3,(H,45,55)(H,43,44,54)/b47-31-/t32-,37+/m1/s1. The summed E-state index contributed by atoms with van der Waals surface area (Å²) in [5.41, 5.74) is 0.613. The lowest BCUT2D eigenvalue weighted by Gasteiger charge is -2.49. The number of carbonyl (C=O) groups excluding carboxylic acids is 7. The van der Waals surface area contributed by atoms with Crippen molar-refractivity contribution < 1.29 is 57.0 Å². The van der Waals surface area contributed by atoms with Gasteiger partial charge < -0.3 is 28.8 Å². The van der Waals surface area contributed by atoms with Crippen LogP contribution < -0.4 is 20.1 Å². The van der Waals surface area contributed by atoms with Crippen molar-refractivity contribution in [3.8, 4) is 11.5 Å². The number of rotatable bonds is 16. The molecule has 0 spiro atoms. The molecule has 5 aromatic rings. The van der Waals surface area contributed by atoms with Gasteiger partial charge in [-0.2, -0.15) is 4.98 Å². The van der Waals surface area contributed by atoms with Crippen molar-refractivity contribution >= 4 is 88.4 Å². The van der Waals surface area contributed by atoms with Crippen LogP contribution in [0.3, 0.4) is 0 Å². The highest BCUT2D eigenvalue weighted by atomic mass is 35.5. The first-order chi connectivity index (χ1) is 31.3. The first-order valence-corrected chi connectivity index (χ1v) is 21.6. The number of hydrogen-bond donors (Lipinski definition) is 2. The number of halogens is 1. The van der Waals surface area contributed by atoms with E-state index in [0.717, 1.165) is 26.2 Å². The second kappa shape index (κ2) is 20.4. The molecule has 1 saturated heterocycles. The lowest BCUT2D eigenvalue weighted by atomic mass is 10.0. The maximum absolute atomic E-state index is 14.5. The number of fused-ring (bicyclic) bond motifs is 1. The van der Waals surface area contributed by atoms with E-state index in [1.54, 1.807) is 7.05 Å². The van der Waals surface area contributed by atoms with Crippen LogP contribution in [-0.2, 0) is 45.4 Å². The topological polar surface area (TPSA) is 266 Å². The van der Waals surface area contributed by atoms with Crippen LogP contribution in [0.5, 0.6) is 11.5 Å². The third-order valence-electron chi connectivity index (χ3n) is 9.15. The van der Waals surface area contributed by atoms with Gasteiger partial charge in [-0.15, -0.1) is 28.5 Å². The minimum atomic E-state index is -1.25. The number of aryl methyl sites for hydroxylation is 1. The smallest absolute Gasteiger partial charge is 0.365 e. The van der Waals surface area contributed by atoms with Crippen LogP contribution in [0.4, 0.5) is 6.01 Å². The number of amides is 3. The number of ether oxygens (including phenoxy) is 3. The SMILES string of the molecule is CC(=O)Oc1ccc(C(=O)O/N=C(\C(=O)N[C@@H]2C(=O)N3C(C(=O)OC(c4ccccc4)c4ccccc4)=C(CSc4nnnn4C)CS[C@@H]23)c2coc(NC(=O)CCl)n2)cc1OC(C)=O. The average molecular weight is 944 g/mol. The number of thioether (sulfide) groups is 2. The first kappa shape index (κ1) is 45.6. The Bertz CT molecular complexity index is 2690. The number of esters is 3. The Labute approximate surface area is 381 Å². The molecule has 65 heavy (non-hydrogen) atoms. The van der Waals surface area contributed by atoms with E-state index >= 15 is 0 Å². The van der Waals surface area contributed by atoms with Gasteiger partial charge in [0.1, 0.15) is 34.9 Å². The zero-order chi connectivity index (χ0) is 46.2. The number of aromatic nitrogens is 5. The third kappa shape index (κ3) is 10.7. The third-order valence-corrected chi connectivity index (χ3v) is 11.8. The minimum absolute atomic E-state index is 0.0180. The number of alkyl halides is 1. The molecule has 0 aliphatic carbocycles. The zero-order valence-corrected chi connectivity index (χ0v) is 36.5. The second-order valence-corrected chi connectivity index (χ2v) is 16.0. The van der Waals surface area contributed by atoms with Crippen LogP contribution in [0.15, 0.2) is 111 Å². The lowest BCUT2D eigenvalue weighted by molar-refractivity contribution is -0.154. The maximum Gasteiger partial charge on any atom is 0.365 e. The van der Waals surface area contributed by atoms with E-state index in [1.165, 1.54) is 45.2 Å². The molecule has 3 amide bonds. The molecule has 3 aromatic carbocycles. The number of nitrogens with zero attached hydrogens (tertiary/aromatic N) is 7. The number of benzene rings is 3. The molecule has 334 valence electrons. The highest BCUT2D eigenvalue weighted by molar-refractivity contribution is 8.01. The van der Waals surface area contributed by atoms with E-state index in [2.05, 4.69) is 36.3 Å². The molecular weight excluding hydrogens is 910 g/mol. The highest BCUT2D eigenvalue weighted by Crippen LogP contribution is 2.43. The van der Waals surface area contributed by atoms with Gasteiger partial charge in [0, 0.05) is 32.4 Å². The van der Waals surface area contributed by atoms with Gasteiger partial charge in [-0.3, -0.25) is 34.2 Å². The summed E-state index contributed by atoms with van der Waals surface area (Å²) in [5.74, 6) is -6.44. The average Bonchev–Trinajstić information content (AvgIpc) is 3.94. The van der Waals surface area contributed by atoms with Gasteiger partial charge in [0.2, 0.25) is 11.1 Å². The van der Waals surface area contributed by atoms with Crippen LogP contribution in [0, 0.1) is 0 Å². The van der Waals surface area contributed by atoms with E-state index in [9.17, 15) is 33.6 Å². The molecule has 2 atom stereocenters. The van der Waals surface area contributed by atoms with Crippen molar-refractivity contribution in [2.45, 2.75) is 36.5 Å². The van der Waals surface area contributed by atoms with Gasteiger partial charge >= 0.3 is 29.9 Å². The van der Waals surface area contributed by atoms with E-state index < -0.39 is 76.7 Å². The summed E-state index contributed by atoms with van der Waals surface area (Å²) in [5, 5.41) is 19.8. The number of β-lactam (4-membered cyclic amide) rings is 1. The predicted octanol–water partition coefficient (Wildman–Crippen LogP) is 3.57. The van der Waals surface area contributed by atoms with E-state index in [-0.39, 0.29) is 40.0 Å². The number of carbonyl (C=O) groups is 7. The summed E-state index contributed by atoms with van der Waals surface area (Å²) in [6, 6.07) is 19.9. The number of oxime groups is 1. The van der Waals surface area contributed by atoms with Crippen molar-refractivity contribution in [2.75, 3.05) is 22.7 Å². The fraction of sp³-hybridized carbons (Fsp3) is 0.220. The summed E-state index contributed by atoms with van der Waals surface area (Å²) in [7, 11) is 1.66. The van der Waals surface area contributed by atoms with E-state index in [0.29, 0.717) is 21.9 Å². The molecular formula is C41H34ClN9O12S2. The molecule has 7 rings (SSSR count). The van der Waals surface area contributed by atoms with E-state index in [4.69, 9.17) is 35.1 Å². The number of tetrazole rings is 1. The molecule has 0 radical (unpaired) electrons. The van der Waals surface area contributed by atoms with Crippen LogP contribution >= 0.6 is 35.1 Å². The van der Waals surface area contributed by atoms with Crippen molar-refractivity contribution in [2.24, 2.45) is 12.2 Å². The van der Waals surface area contributed by atoms with Crippen molar-refractivity contribution in [3.05, 3.63) is 119 Å². The Kier molecular flexibility index (Phi) is 14.3. The Morgan fingerprint density at radius 1 is 0.954 bits per heavy atom. The largest absolute Gasteiger partial charge is 0.448 e. The maximum atomic E-state index is 14.5. The van der Waals surface area contributed by atoms with Crippen LogP contribution in [0.2, 0.25) is 0 Å². The van der Waals surface area contributed by atoms with Gasteiger partial charge in [0.25, 0.3) is 11.8 Å². The molecule has 2 aliphatic rings. The van der Waals surface area contributed by atoms with Crippen molar-refractivity contribution in [1.82, 2.24) is 35.4 Å². The molecule has 1 fully saturated rings. The molecule has 2 aliphatic heterocycles. The minimum Gasteiger partial charge on any atom is -0.448 e. The predicted molar refractivity (Wildman–Crippen MR) is 229 cm³/mol. The van der Waals surface area contributed by atoms with E-state index in [1.807, 2.05) is 60.7 Å². The summed E-state index contributed by atoms with van der Waals surface area (Å²) in [4.78, 5) is 102. The fourth-order valence-electron chi connectivity index (χ4n) is 6.28. The summed E-state index contributed by atoms with van der Waals surface area (Å²) >= 11 is 8.10. The Morgan fingerprint density at radius 2 is 1.63 bits per heavy atom. The number of hydrogen-bond acceptors (Lipinski definition) is 19. The number of nitrogens with one attached hydrogen (secondary N) is 2. The van der Waals surface area contributed by atoms with Crippen LogP contribution in [0.25, 0.3) is 0 Å². The van der Waals surface area contributed by atoms with Crippen LogP contribution in [-0.4, -0.2) is 106 Å². The zero-order valence-electron chi connectivity index (χ0n) is 34.2. The quantitative estimate of drug-likeness (QED) is 0.0209. The number of anilines is 1. The van der Waals surface area contributed by atoms with Gasteiger partial charge in [-0.25, -0.2) is 14.3 Å². The van der Waals surface area contributed by atoms with Gasteiger partial charge in [0.05, 0.1) is 5.56 Å². The molecule has 21 nitrogen and oxygen atoms in total. The van der Waals surface area contributed by atoms with Gasteiger partial charge in [0.15, 0.2) is 23.3 Å². The molecule has 4 heterocycles. The molecule has 0 bridgehead atoms. The Hall–Kier alpha value is -7.37. The van der Waals surface area contributed by atoms with Gasteiger partial charge in [-0.1, -0.05) is 77.6 Å². The first-order valence-electron chi connectivity index (χ1n) is 19.1. The second-order valence-electron chi connectivity index (χ2n) is 13.7. The fourth-order valence-corrected chi connectivity index (χ4v) is 8.68. The lowest BCUT2D eigenvalue weighted by Crippen LogP contribution is -2.71. The Morgan fingerprint density at radius 3 is 2.26 bits per heavy atom. The molecule has 24 heteroatoms. The molecule has 0 saturated carbocycles. The summed E-state index contributed by atoms with van der Waals surface area (Å²) in [6.45, 7) is 2.21. The molecule has 2 N–H and O–H groups in total. The Balaban J connectivity index is 1.16. The van der Waals surface area contributed by atoms with Crippen LogP contribution in [0.1, 0.15) is 47.1 Å². The van der Waals surface area contributed by atoms with Gasteiger partial charge in [-0.05, 0) is 45.3 Å². The monoisotopic (exact) mass is 943 g/mol.